The van der Waals surface area contributed by atoms with Crippen LogP contribution in [0.3, 0.4) is 0 Å². The Balaban J connectivity index is 2.37. The summed E-state index contributed by atoms with van der Waals surface area (Å²) in [6, 6.07) is 1.84. The van der Waals surface area contributed by atoms with Crippen LogP contribution in [-0.4, -0.2) is 22.8 Å². The van der Waals surface area contributed by atoms with Crippen molar-refractivity contribution >= 4 is 11.8 Å². The second kappa shape index (κ2) is 4.77. The van der Waals surface area contributed by atoms with Crippen molar-refractivity contribution in [3.05, 3.63) is 23.3 Å². The third-order valence-electron chi connectivity index (χ3n) is 3.79. The van der Waals surface area contributed by atoms with Crippen LogP contribution in [0, 0.1) is 11.3 Å². The van der Waals surface area contributed by atoms with Gasteiger partial charge in [0.05, 0.1) is 0 Å². The first-order chi connectivity index (χ1) is 8.57. The summed E-state index contributed by atoms with van der Waals surface area (Å²) in [6.07, 6.45) is 4.87. The van der Waals surface area contributed by atoms with E-state index in [1.807, 2.05) is 6.07 Å². The van der Waals surface area contributed by atoms with Gasteiger partial charge in [-0.05, 0) is 25.3 Å². The molecule has 1 aliphatic heterocycles. The molecule has 4 heteroatoms. The van der Waals surface area contributed by atoms with Gasteiger partial charge in [0, 0.05) is 11.6 Å². The van der Waals surface area contributed by atoms with Crippen molar-refractivity contribution < 1.29 is 9.59 Å². The lowest BCUT2D eigenvalue weighted by Crippen LogP contribution is -2.49. The molecular formula is C14H16N2O2. The molecule has 0 aromatic heterocycles. The van der Waals surface area contributed by atoms with Crippen molar-refractivity contribution in [2.24, 2.45) is 0 Å². The van der Waals surface area contributed by atoms with Crippen LogP contribution < -0.4 is 0 Å². The normalized spacial score (nSPS) is 22.4. The van der Waals surface area contributed by atoms with Gasteiger partial charge in [-0.1, -0.05) is 25.8 Å². The molecule has 0 bridgehead atoms. The highest BCUT2D eigenvalue weighted by Crippen LogP contribution is 2.30. The van der Waals surface area contributed by atoms with Crippen molar-refractivity contribution in [3.8, 4) is 6.07 Å². The first-order valence-corrected chi connectivity index (χ1v) is 6.26. The number of amides is 2. The second-order valence-corrected chi connectivity index (χ2v) is 4.86. The maximum atomic E-state index is 12.2. The van der Waals surface area contributed by atoms with Crippen molar-refractivity contribution in [1.82, 2.24) is 4.90 Å². The first kappa shape index (κ1) is 12.6. The molecular weight excluding hydrogens is 228 g/mol. The Bertz CT molecular complexity index is 490. The zero-order chi connectivity index (χ0) is 13.3. The largest absolute Gasteiger partial charge is 0.271 e. The Morgan fingerprint density at radius 3 is 2.39 bits per heavy atom. The molecule has 0 unspecified atom stereocenters. The van der Waals surface area contributed by atoms with E-state index in [0.717, 1.165) is 32.1 Å². The van der Waals surface area contributed by atoms with E-state index in [9.17, 15) is 9.59 Å². The zero-order valence-corrected chi connectivity index (χ0v) is 10.5. The Morgan fingerprint density at radius 1 is 1.22 bits per heavy atom. The van der Waals surface area contributed by atoms with Gasteiger partial charge in [0.2, 0.25) is 0 Å². The molecule has 0 atom stereocenters. The van der Waals surface area contributed by atoms with Gasteiger partial charge in [0.15, 0.2) is 0 Å². The van der Waals surface area contributed by atoms with E-state index in [4.69, 9.17) is 5.26 Å². The summed E-state index contributed by atoms with van der Waals surface area (Å²) < 4.78 is 0. The van der Waals surface area contributed by atoms with Crippen LogP contribution in [0.15, 0.2) is 23.3 Å². The van der Waals surface area contributed by atoms with Gasteiger partial charge in [0.1, 0.15) is 11.6 Å². The average Bonchev–Trinajstić information content (AvgIpc) is 2.38. The van der Waals surface area contributed by atoms with E-state index in [1.54, 1.807) is 6.92 Å². The zero-order valence-electron chi connectivity index (χ0n) is 10.5. The molecule has 1 saturated carbocycles. The van der Waals surface area contributed by atoms with Crippen molar-refractivity contribution in [2.45, 2.75) is 45.1 Å². The fourth-order valence-electron chi connectivity index (χ4n) is 2.63. The Morgan fingerprint density at radius 2 is 1.83 bits per heavy atom. The SMILES string of the molecule is C=C1C(=O)N(C2CCCCC2)C(=O)C(C#N)=C1C. The maximum absolute atomic E-state index is 12.2. The van der Waals surface area contributed by atoms with E-state index in [2.05, 4.69) is 6.58 Å². The molecule has 1 heterocycles. The third kappa shape index (κ3) is 1.86. The number of hydrogen-bond donors (Lipinski definition) is 0. The smallest absolute Gasteiger partial charge is 0.271 e. The fourth-order valence-corrected chi connectivity index (χ4v) is 2.63. The highest BCUT2D eigenvalue weighted by molar-refractivity contribution is 6.18. The van der Waals surface area contributed by atoms with Gasteiger partial charge in [0.25, 0.3) is 11.8 Å². The average molecular weight is 244 g/mol. The lowest BCUT2D eigenvalue weighted by molar-refractivity contribution is -0.143. The molecule has 0 aromatic rings. The van der Waals surface area contributed by atoms with Gasteiger partial charge in [-0.25, -0.2) is 0 Å². The Kier molecular flexibility index (Phi) is 3.33. The molecule has 1 aliphatic carbocycles. The number of imide groups is 1. The van der Waals surface area contributed by atoms with E-state index in [1.165, 1.54) is 4.90 Å². The lowest BCUT2D eigenvalue weighted by Gasteiger charge is -2.35. The van der Waals surface area contributed by atoms with E-state index >= 15 is 0 Å². The molecule has 2 aliphatic rings. The van der Waals surface area contributed by atoms with E-state index in [0.29, 0.717) is 5.57 Å². The summed E-state index contributed by atoms with van der Waals surface area (Å²) in [7, 11) is 0. The lowest BCUT2D eigenvalue weighted by atomic mass is 9.89. The molecule has 2 amide bonds. The van der Waals surface area contributed by atoms with Gasteiger partial charge < -0.3 is 0 Å². The highest BCUT2D eigenvalue weighted by Gasteiger charge is 2.38. The summed E-state index contributed by atoms with van der Waals surface area (Å²) in [5.41, 5.74) is 0.751. The first-order valence-electron chi connectivity index (χ1n) is 6.26. The number of hydrogen-bond acceptors (Lipinski definition) is 3. The third-order valence-corrected chi connectivity index (χ3v) is 3.79. The molecule has 0 radical (unpaired) electrons. The predicted octanol–water partition coefficient (Wildman–Crippen LogP) is 2.08. The number of carbonyl (C=O) groups excluding carboxylic acids is 2. The topological polar surface area (TPSA) is 61.2 Å². The molecule has 1 fully saturated rings. The molecule has 2 rings (SSSR count). The summed E-state index contributed by atoms with van der Waals surface area (Å²) in [6.45, 7) is 5.31. The van der Waals surface area contributed by atoms with Crippen LogP contribution >= 0.6 is 0 Å². The van der Waals surface area contributed by atoms with Crippen molar-refractivity contribution in [2.75, 3.05) is 0 Å². The summed E-state index contributed by atoms with van der Waals surface area (Å²) in [5, 5.41) is 9.04. The van der Waals surface area contributed by atoms with E-state index in [-0.39, 0.29) is 23.1 Å². The highest BCUT2D eigenvalue weighted by atomic mass is 16.2. The van der Waals surface area contributed by atoms with Gasteiger partial charge in [-0.15, -0.1) is 0 Å². The van der Waals surface area contributed by atoms with E-state index < -0.39 is 5.91 Å². The van der Waals surface area contributed by atoms with Gasteiger partial charge in [-0.3, -0.25) is 14.5 Å². The minimum absolute atomic E-state index is 0.0603. The number of nitriles is 1. The molecule has 0 N–H and O–H groups in total. The van der Waals surface area contributed by atoms with Gasteiger partial charge in [-0.2, -0.15) is 5.26 Å². The molecule has 0 spiro atoms. The van der Waals surface area contributed by atoms with Gasteiger partial charge >= 0.3 is 0 Å². The molecule has 94 valence electrons. The van der Waals surface area contributed by atoms with Crippen LogP contribution in [0.25, 0.3) is 0 Å². The predicted molar refractivity (Wildman–Crippen MR) is 66.2 cm³/mol. The van der Waals surface area contributed by atoms with Crippen molar-refractivity contribution in [1.29, 1.82) is 5.26 Å². The quantitative estimate of drug-likeness (QED) is 0.524. The number of rotatable bonds is 1. The van der Waals surface area contributed by atoms with Crippen LogP contribution in [-0.2, 0) is 9.59 Å². The maximum Gasteiger partial charge on any atom is 0.271 e. The van der Waals surface area contributed by atoms with Crippen molar-refractivity contribution in [3.63, 3.8) is 0 Å². The monoisotopic (exact) mass is 244 g/mol. The van der Waals surface area contributed by atoms with Crippen LogP contribution in [0.5, 0.6) is 0 Å². The fraction of sp³-hybridized carbons (Fsp3) is 0.500. The Labute approximate surface area is 107 Å². The molecule has 0 saturated heterocycles. The second-order valence-electron chi connectivity index (χ2n) is 4.86. The summed E-state index contributed by atoms with van der Waals surface area (Å²) in [4.78, 5) is 25.6. The van der Waals surface area contributed by atoms with Crippen LogP contribution in [0.2, 0.25) is 0 Å². The van der Waals surface area contributed by atoms with Crippen LogP contribution in [0.4, 0.5) is 0 Å². The molecule has 18 heavy (non-hydrogen) atoms. The van der Waals surface area contributed by atoms with Crippen LogP contribution in [0.1, 0.15) is 39.0 Å². The summed E-state index contributed by atoms with van der Waals surface area (Å²) >= 11 is 0. The Hall–Kier alpha value is -1.89. The molecule has 0 aromatic carbocycles. The standard InChI is InChI=1S/C14H16N2O2/c1-9-10(2)13(17)16(14(18)12(9)8-15)11-6-4-3-5-7-11/h11H,2-7H2,1H3. The minimum atomic E-state index is -0.445. The number of carbonyl (C=O) groups is 2. The molecule has 4 nitrogen and oxygen atoms in total. The number of nitrogens with zero attached hydrogens (tertiary/aromatic N) is 2. The minimum Gasteiger partial charge on any atom is -0.271 e. The summed E-state index contributed by atoms with van der Waals surface area (Å²) in [5.74, 6) is -0.775.